The van der Waals surface area contributed by atoms with Gasteiger partial charge in [-0.3, -0.25) is 9.59 Å². The van der Waals surface area contributed by atoms with Gasteiger partial charge < -0.3 is 30.9 Å². The lowest BCUT2D eigenvalue weighted by atomic mass is 10.3. The number of rotatable bonds is 12. The van der Waals surface area contributed by atoms with Crippen LogP contribution in [0.15, 0.2) is 18.2 Å². The molecule has 0 bridgehead atoms. The number of nitrogens with zero attached hydrogens (tertiary/aromatic N) is 2. The maximum absolute atomic E-state index is 14.0. The summed E-state index contributed by atoms with van der Waals surface area (Å²) in [6.45, 7) is 3.71. The van der Waals surface area contributed by atoms with E-state index in [2.05, 4.69) is 15.5 Å². The van der Waals surface area contributed by atoms with Gasteiger partial charge >= 0.3 is 11.8 Å². The normalized spacial score (nSPS) is 11.0. The Morgan fingerprint density at radius 1 is 1.11 bits per heavy atom. The molecule has 1 aromatic rings. The Balaban J connectivity index is 2.37. The van der Waals surface area contributed by atoms with Crippen molar-refractivity contribution in [2.75, 3.05) is 65.8 Å². The third-order valence-electron chi connectivity index (χ3n) is 3.94. The summed E-state index contributed by atoms with van der Waals surface area (Å²) < 4.78 is 19.4. The number of nitrogens with one attached hydrogen (secondary N) is 2. The number of hydrogen-bond acceptors (Lipinski definition) is 6. The zero-order valence-corrected chi connectivity index (χ0v) is 17.0. The summed E-state index contributed by atoms with van der Waals surface area (Å²) in [6.07, 6.45) is 1.63. The van der Waals surface area contributed by atoms with E-state index in [0.717, 1.165) is 25.6 Å². The largest absolute Gasteiger partial charge is 0.489 e. The molecule has 0 atom stereocenters. The maximum atomic E-state index is 14.0. The number of benzene rings is 1. The van der Waals surface area contributed by atoms with E-state index in [1.165, 1.54) is 12.1 Å². The highest BCUT2D eigenvalue weighted by Gasteiger charge is 2.14. The van der Waals surface area contributed by atoms with E-state index in [1.807, 2.05) is 26.0 Å². The molecule has 0 unspecified atom stereocenters. The van der Waals surface area contributed by atoms with Crippen LogP contribution in [-0.2, 0) is 9.59 Å². The Kier molecular flexibility index (Phi) is 11.1. The van der Waals surface area contributed by atoms with Gasteiger partial charge in [0.05, 0.1) is 0 Å². The Morgan fingerprint density at radius 3 is 2.46 bits per heavy atom. The molecule has 0 aliphatic rings. The van der Waals surface area contributed by atoms with Crippen molar-refractivity contribution in [2.24, 2.45) is 5.73 Å². The molecule has 1 aromatic carbocycles. The molecule has 0 heterocycles. The third-order valence-corrected chi connectivity index (χ3v) is 3.94. The highest BCUT2D eigenvalue weighted by molar-refractivity contribution is 6.39. The number of halogens is 1. The molecule has 0 fully saturated rings. The van der Waals surface area contributed by atoms with Gasteiger partial charge in [-0.2, -0.15) is 0 Å². The van der Waals surface area contributed by atoms with Crippen molar-refractivity contribution in [3.8, 4) is 5.75 Å². The fraction of sp³-hybridized carbons (Fsp3) is 0.579. The zero-order chi connectivity index (χ0) is 20.9. The van der Waals surface area contributed by atoms with Gasteiger partial charge in [0.1, 0.15) is 6.61 Å². The predicted octanol–water partition coefficient (Wildman–Crippen LogP) is 0.492. The second-order valence-corrected chi connectivity index (χ2v) is 6.81. The molecule has 28 heavy (non-hydrogen) atoms. The lowest BCUT2D eigenvalue weighted by Gasteiger charge is -2.15. The average molecular weight is 397 g/mol. The van der Waals surface area contributed by atoms with Gasteiger partial charge in [0.2, 0.25) is 0 Å². The molecule has 4 N–H and O–H groups in total. The smallest absolute Gasteiger partial charge is 0.313 e. The zero-order valence-electron chi connectivity index (χ0n) is 17.0. The number of likely N-dealkylation sites (N-methyl/N-ethyl adjacent to an activating group) is 1. The van der Waals surface area contributed by atoms with E-state index in [1.54, 1.807) is 0 Å². The monoisotopic (exact) mass is 397 g/mol. The maximum Gasteiger partial charge on any atom is 0.313 e. The molecular weight excluding hydrogens is 365 g/mol. The summed E-state index contributed by atoms with van der Waals surface area (Å²) in [7, 11) is 5.76. The van der Waals surface area contributed by atoms with E-state index in [0.29, 0.717) is 32.7 Å². The topological polar surface area (TPSA) is 99.9 Å². The molecule has 1 rings (SSSR count). The van der Waals surface area contributed by atoms with Crippen molar-refractivity contribution in [1.29, 1.82) is 0 Å². The van der Waals surface area contributed by atoms with Gasteiger partial charge in [-0.1, -0.05) is 0 Å². The fourth-order valence-electron chi connectivity index (χ4n) is 2.33. The van der Waals surface area contributed by atoms with Crippen molar-refractivity contribution in [1.82, 2.24) is 15.1 Å². The Morgan fingerprint density at radius 2 is 1.82 bits per heavy atom. The van der Waals surface area contributed by atoms with Crippen molar-refractivity contribution in [3.63, 3.8) is 0 Å². The lowest BCUT2D eigenvalue weighted by molar-refractivity contribution is -0.136. The Hall–Kier alpha value is -2.23. The number of nitrogens with two attached hydrogens (primary N) is 1. The van der Waals surface area contributed by atoms with Crippen molar-refractivity contribution in [3.05, 3.63) is 24.0 Å². The Labute approximate surface area is 166 Å². The van der Waals surface area contributed by atoms with Crippen molar-refractivity contribution >= 4 is 17.5 Å². The van der Waals surface area contributed by atoms with Crippen LogP contribution in [0.25, 0.3) is 0 Å². The van der Waals surface area contributed by atoms with E-state index in [4.69, 9.17) is 10.5 Å². The van der Waals surface area contributed by atoms with Crippen molar-refractivity contribution in [2.45, 2.75) is 12.8 Å². The van der Waals surface area contributed by atoms with Crippen LogP contribution >= 0.6 is 0 Å². The van der Waals surface area contributed by atoms with Crippen LogP contribution in [-0.4, -0.2) is 82.1 Å². The number of hydrogen-bond donors (Lipinski definition) is 3. The van der Waals surface area contributed by atoms with Gasteiger partial charge in [-0.15, -0.1) is 0 Å². The van der Waals surface area contributed by atoms with Crippen LogP contribution in [0.1, 0.15) is 12.8 Å². The molecule has 9 heteroatoms. The number of amides is 2. The molecule has 158 valence electrons. The second kappa shape index (κ2) is 13.0. The van der Waals surface area contributed by atoms with E-state index in [9.17, 15) is 14.0 Å². The van der Waals surface area contributed by atoms with Gasteiger partial charge in [0.25, 0.3) is 0 Å². The van der Waals surface area contributed by atoms with Gasteiger partial charge in [0, 0.05) is 24.8 Å². The SMILES string of the molecule is CN(C)CCOc1ccc(NC(=O)C(=O)NCCCN(C)CCCN)cc1F. The fourth-order valence-corrected chi connectivity index (χ4v) is 2.33. The first kappa shape index (κ1) is 23.8. The summed E-state index contributed by atoms with van der Waals surface area (Å²) in [6, 6.07) is 4.05. The standard InChI is InChI=1S/C19H32FN5O3/c1-24(2)12-13-28-17-7-6-15(14-16(17)20)23-19(27)18(26)22-9-5-11-25(3)10-4-8-21/h6-7,14H,4-5,8-13,21H2,1-3H3,(H,22,26)(H,23,27). The number of anilines is 1. The van der Waals surface area contributed by atoms with Gasteiger partial charge in [0.15, 0.2) is 11.6 Å². The first-order valence-corrected chi connectivity index (χ1v) is 9.38. The molecule has 0 spiro atoms. The van der Waals surface area contributed by atoms with Crippen LogP contribution < -0.4 is 21.1 Å². The summed E-state index contributed by atoms with van der Waals surface area (Å²) >= 11 is 0. The minimum atomic E-state index is -0.836. The first-order chi connectivity index (χ1) is 13.3. The minimum Gasteiger partial charge on any atom is -0.489 e. The third kappa shape index (κ3) is 9.63. The average Bonchev–Trinajstić information content (AvgIpc) is 2.64. The summed E-state index contributed by atoms with van der Waals surface area (Å²) in [4.78, 5) is 27.8. The lowest BCUT2D eigenvalue weighted by Crippen LogP contribution is -2.37. The number of ether oxygens (including phenoxy) is 1. The van der Waals surface area contributed by atoms with Crippen LogP contribution in [0.5, 0.6) is 5.75 Å². The van der Waals surface area contributed by atoms with E-state index < -0.39 is 17.6 Å². The second-order valence-electron chi connectivity index (χ2n) is 6.81. The summed E-state index contributed by atoms with van der Waals surface area (Å²) in [5.74, 6) is -2.09. The summed E-state index contributed by atoms with van der Waals surface area (Å²) in [5.41, 5.74) is 5.65. The quantitative estimate of drug-likeness (QED) is 0.351. The van der Waals surface area contributed by atoms with Crippen molar-refractivity contribution < 1.29 is 18.7 Å². The van der Waals surface area contributed by atoms with Gasteiger partial charge in [-0.05, 0) is 65.8 Å². The predicted molar refractivity (Wildman–Crippen MR) is 108 cm³/mol. The molecule has 0 saturated heterocycles. The molecule has 8 nitrogen and oxygen atoms in total. The number of carbonyl (C=O) groups is 2. The molecule has 0 radical (unpaired) electrons. The molecule has 2 amide bonds. The van der Waals surface area contributed by atoms with E-state index >= 15 is 0 Å². The van der Waals surface area contributed by atoms with E-state index in [-0.39, 0.29) is 11.4 Å². The van der Waals surface area contributed by atoms with Gasteiger partial charge in [-0.25, -0.2) is 4.39 Å². The molecular formula is C19H32FN5O3. The van der Waals surface area contributed by atoms with Crippen LogP contribution in [0.3, 0.4) is 0 Å². The molecule has 0 aliphatic carbocycles. The van der Waals surface area contributed by atoms with Crippen LogP contribution in [0.4, 0.5) is 10.1 Å². The molecule has 0 aliphatic heterocycles. The molecule has 0 aromatic heterocycles. The van der Waals surface area contributed by atoms with Crippen LogP contribution in [0, 0.1) is 5.82 Å². The number of carbonyl (C=O) groups excluding carboxylic acids is 2. The highest BCUT2D eigenvalue weighted by Crippen LogP contribution is 2.21. The highest BCUT2D eigenvalue weighted by atomic mass is 19.1. The van der Waals surface area contributed by atoms with Crippen LogP contribution in [0.2, 0.25) is 0 Å². The summed E-state index contributed by atoms with van der Waals surface area (Å²) in [5, 5.41) is 4.94. The molecule has 0 saturated carbocycles. The minimum absolute atomic E-state index is 0.100. The Bertz CT molecular complexity index is 628. The first-order valence-electron chi connectivity index (χ1n) is 9.38.